The third-order valence-corrected chi connectivity index (χ3v) is 3.84. The third kappa shape index (κ3) is 4.85. The van der Waals surface area contributed by atoms with Gasteiger partial charge >= 0.3 is 6.18 Å². The summed E-state index contributed by atoms with van der Waals surface area (Å²) in [7, 11) is 0. The highest BCUT2D eigenvalue weighted by atomic mass is 35.5. The average molecular weight is 366 g/mol. The van der Waals surface area contributed by atoms with Crippen molar-refractivity contribution >= 4 is 24.2 Å². The molecule has 0 bridgehead atoms. The van der Waals surface area contributed by atoms with E-state index in [0.717, 1.165) is 37.1 Å². The lowest BCUT2D eigenvalue weighted by atomic mass is 10.1. The fourth-order valence-electron chi connectivity index (χ4n) is 2.58. The van der Waals surface area contributed by atoms with Gasteiger partial charge in [-0.1, -0.05) is 0 Å². The lowest BCUT2D eigenvalue weighted by molar-refractivity contribution is -0.137. The van der Waals surface area contributed by atoms with Crippen molar-refractivity contribution in [2.24, 2.45) is 5.73 Å². The summed E-state index contributed by atoms with van der Waals surface area (Å²) in [4.78, 5) is 25.6. The highest BCUT2D eigenvalue weighted by Crippen LogP contribution is 2.29. The Labute approximate surface area is 143 Å². The number of likely N-dealkylation sites (tertiary alicyclic amines) is 1. The molecule has 1 aromatic rings. The van der Waals surface area contributed by atoms with Gasteiger partial charge in [0.15, 0.2) is 0 Å². The first-order chi connectivity index (χ1) is 10.8. The number of alkyl halides is 3. The van der Waals surface area contributed by atoms with E-state index in [2.05, 4.69) is 5.32 Å². The lowest BCUT2D eigenvalue weighted by Gasteiger charge is -2.23. The van der Waals surface area contributed by atoms with Crippen molar-refractivity contribution in [3.8, 4) is 0 Å². The van der Waals surface area contributed by atoms with Crippen LogP contribution in [-0.4, -0.2) is 42.4 Å². The first-order valence-electron chi connectivity index (χ1n) is 7.28. The summed E-state index contributed by atoms with van der Waals surface area (Å²) in [6, 6.07) is 3.83. The molecule has 3 N–H and O–H groups in total. The van der Waals surface area contributed by atoms with Gasteiger partial charge < -0.3 is 16.0 Å². The molecule has 0 aromatic heterocycles. The van der Waals surface area contributed by atoms with Gasteiger partial charge in [0.2, 0.25) is 5.91 Å². The first kappa shape index (κ1) is 20.2. The zero-order chi connectivity index (χ0) is 17.0. The zero-order valence-electron chi connectivity index (χ0n) is 12.8. The second-order valence-electron chi connectivity index (χ2n) is 5.38. The Bertz CT molecular complexity index is 578. The van der Waals surface area contributed by atoms with E-state index in [-0.39, 0.29) is 36.5 Å². The van der Waals surface area contributed by atoms with Gasteiger partial charge in [0.25, 0.3) is 5.91 Å². The second-order valence-corrected chi connectivity index (χ2v) is 5.38. The Morgan fingerprint density at radius 2 is 1.88 bits per heavy atom. The molecule has 1 fully saturated rings. The summed E-state index contributed by atoms with van der Waals surface area (Å²) >= 11 is 0. The van der Waals surface area contributed by atoms with E-state index in [1.165, 1.54) is 0 Å². The molecule has 1 aliphatic heterocycles. The van der Waals surface area contributed by atoms with Crippen LogP contribution in [0.5, 0.6) is 0 Å². The Balaban J connectivity index is 0.00000288. The number of nitrogens with one attached hydrogen (secondary N) is 1. The summed E-state index contributed by atoms with van der Waals surface area (Å²) in [5.74, 6) is -0.825. The van der Waals surface area contributed by atoms with E-state index >= 15 is 0 Å². The minimum absolute atomic E-state index is 0. The molecule has 0 spiro atoms. The molecule has 5 nitrogen and oxygen atoms in total. The van der Waals surface area contributed by atoms with Crippen LogP contribution in [0.1, 0.15) is 28.8 Å². The Kier molecular flexibility index (Phi) is 7.04. The van der Waals surface area contributed by atoms with E-state index < -0.39 is 17.6 Å². The van der Waals surface area contributed by atoms with Crippen LogP contribution in [0.25, 0.3) is 0 Å². The SMILES string of the molecule is Cl.NCC1CCCN1C(=O)CNC(=O)c1ccc(C(F)(F)F)cc1. The number of carbonyl (C=O) groups excluding carboxylic acids is 2. The molecule has 0 radical (unpaired) electrons. The number of hydrogen-bond acceptors (Lipinski definition) is 3. The molecule has 1 aliphatic rings. The van der Waals surface area contributed by atoms with Gasteiger partial charge in [-0.05, 0) is 37.1 Å². The highest BCUT2D eigenvalue weighted by Gasteiger charge is 2.30. The molecule has 1 unspecified atom stereocenters. The van der Waals surface area contributed by atoms with E-state index in [1.54, 1.807) is 4.90 Å². The Morgan fingerprint density at radius 1 is 1.25 bits per heavy atom. The van der Waals surface area contributed by atoms with Gasteiger partial charge in [-0.15, -0.1) is 12.4 Å². The van der Waals surface area contributed by atoms with Crippen LogP contribution in [-0.2, 0) is 11.0 Å². The molecule has 0 aliphatic carbocycles. The predicted octanol–water partition coefficient (Wildman–Crippen LogP) is 1.81. The normalized spacial score (nSPS) is 17.3. The van der Waals surface area contributed by atoms with Gasteiger partial charge in [0, 0.05) is 24.7 Å². The number of amides is 2. The highest BCUT2D eigenvalue weighted by molar-refractivity contribution is 5.96. The van der Waals surface area contributed by atoms with E-state index in [9.17, 15) is 22.8 Å². The summed E-state index contributed by atoms with van der Waals surface area (Å²) in [5.41, 5.74) is 4.83. The van der Waals surface area contributed by atoms with Gasteiger partial charge in [-0.25, -0.2) is 0 Å². The van der Waals surface area contributed by atoms with E-state index in [4.69, 9.17) is 5.73 Å². The molecule has 1 heterocycles. The third-order valence-electron chi connectivity index (χ3n) is 3.84. The van der Waals surface area contributed by atoms with Gasteiger partial charge in [-0.2, -0.15) is 13.2 Å². The van der Waals surface area contributed by atoms with Crippen LogP contribution < -0.4 is 11.1 Å². The Morgan fingerprint density at radius 3 is 2.42 bits per heavy atom. The summed E-state index contributed by atoms with van der Waals surface area (Å²) < 4.78 is 37.4. The molecular formula is C15H19ClF3N3O2. The molecule has 9 heteroatoms. The van der Waals surface area contributed by atoms with Crippen molar-refractivity contribution in [2.45, 2.75) is 25.1 Å². The minimum atomic E-state index is -4.45. The number of nitrogens with zero attached hydrogens (tertiary/aromatic N) is 1. The number of nitrogens with two attached hydrogens (primary N) is 1. The molecule has 134 valence electrons. The largest absolute Gasteiger partial charge is 0.416 e. The standard InChI is InChI=1S/C15H18F3N3O2.ClH/c16-15(17,18)11-5-3-10(4-6-11)14(23)20-9-13(22)21-7-1-2-12(21)8-19;/h3-6,12H,1-2,7-9,19H2,(H,20,23);1H. The molecule has 1 saturated heterocycles. The van der Waals surface area contributed by atoms with Crippen molar-refractivity contribution < 1.29 is 22.8 Å². The van der Waals surface area contributed by atoms with Gasteiger partial charge in [-0.3, -0.25) is 9.59 Å². The fourth-order valence-corrected chi connectivity index (χ4v) is 2.58. The lowest BCUT2D eigenvalue weighted by Crippen LogP contribution is -2.45. The Hall–Kier alpha value is -1.80. The molecule has 0 saturated carbocycles. The zero-order valence-corrected chi connectivity index (χ0v) is 13.6. The van der Waals surface area contributed by atoms with E-state index in [1.807, 2.05) is 0 Å². The maximum atomic E-state index is 12.5. The quantitative estimate of drug-likeness (QED) is 0.854. The van der Waals surface area contributed by atoms with Crippen LogP contribution in [0.4, 0.5) is 13.2 Å². The molecule has 2 rings (SSSR count). The average Bonchev–Trinajstić information content (AvgIpc) is 3.00. The van der Waals surface area contributed by atoms with Crippen LogP contribution in [0.15, 0.2) is 24.3 Å². The summed E-state index contributed by atoms with van der Waals surface area (Å²) in [6.45, 7) is 0.784. The molecular weight excluding hydrogens is 347 g/mol. The number of rotatable bonds is 4. The molecule has 1 aromatic carbocycles. The van der Waals surface area contributed by atoms with Crippen LogP contribution >= 0.6 is 12.4 Å². The maximum absolute atomic E-state index is 12.5. The van der Waals surface area contributed by atoms with E-state index in [0.29, 0.717) is 13.1 Å². The van der Waals surface area contributed by atoms with Crippen molar-refractivity contribution in [3.05, 3.63) is 35.4 Å². The van der Waals surface area contributed by atoms with Crippen molar-refractivity contribution in [1.29, 1.82) is 0 Å². The first-order valence-corrected chi connectivity index (χ1v) is 7.28. The van der Waals surface area contributed by atoms with Crippen LogP contribution in [0, 0.1) is 0 Å². The van der Waals surface area contributed by atoms with Gasteiger partial charge in [0.1, 0.15) is 0 Å². The topological polar surface area (TPSA) is 75.4 Å². The summed E-state index contributed by atoms with van der Waals surface area (Å²) in [6.07, 6.45) is -2.73. The van der Waals surface area contributed by atoms with Crippen LogP contribution in [0.2, 0.25) is 0 Å². The minimum Gasteiger partial charge on any atom is -0.343 e. The van der Waals surface area contributed by atoms with Crippen molar-refractivity contribution in [1.82, 2.24) is 10.2 Å². The van der Waals surface area contributed by atoms with Crippen molar-refractivity contribution in [2.75, 3.05) is 19.6 Å². The molecule has 1 atom stereocenters. The smallest absolute Gasteiger partial charge is 0.343 e. The molecule has 24 heavy (non-hydrogen) atoms. The number of carbonyl (C=O) groups is 2. The second kappa shape index (κ2) is 8.34. The number of hydrogen-bond donors (Lipinski definition) is 2. The monoisotopic (exact) mass is 365 g/mol. The fraction of sp³-hybridized carbons (Fsp3) is 0.467. The molecule has 2 amide bonds. The number of benzene rings is 1. The van der Waals surface area contributed by atoms with Crippen molar-refractivity contribution in [3.63, 3.8) is 0 Å². The van der Waals surface area contributed by atoms with Crippen LogP contribution in [0.3, 0.4) is 0 Å². The maximum Gasteiger partial charge on any atom is 0.416 e. The summed E-state index contributed by atoms with van der Waals surface area (Å²) in [5, 5.41) is 2.43. The number of halogens is 4. The predicted molar refractivity (Wildman–Crippen MR) is 84.8 cm³/mol. The van der Waals surface area contributed by atoms with Gasteiger partial charge in [0.05, 0.1) is 12.1 Å².